The van der Waals surface area contributed by atoms with Crippen LogP contribution in [0.15, 0.2) is 4.99 Å². The Morgan fingerprint density at radius 2 is 1.83 bits per heavy atom. The minimum absolute atomic E-state index is 0. The summed E-state index contributed by atoms with van der Waals surface area (Å²) in [6.07, 6.45) is 14.4. The Morgan fingerprint density at radius 3 is 2.54 bits per heavy atom. The molecular weight excluding hydrogens is 413 g/mol. The lowest BCUT2D eigenvalue weighted by Crippen LogP contribution is -2.48. The molecule has 5 heteroatoms. The number of aliphatic hydroxyl groups excluding tert-OH is 1. The van der Waals surface area contributed by atoms with E-state index in [0.29, 0.717) is 12.6 Å². The maximum Gasteiger partial charge on any atom is 0.191 e. The van der Waals surface area contributed by atoms with Gasteiger partial charge in [0.05, 0.1) is 0 Å². The average Bonchev–Trinajstić information content (AvgIpc) is 3.21. The molecule has 140 valence electrons. The van der Waals surface area contributed by atoms with E-state index in [4.69, 9.17) is 0 Å². The molecule has 0 spiro atoms. The molecule has 3 aliphatic carbocycles. The van der Waals surface area contributed by atoms with Gasteiger partial charge in [0.25, 0.3) is 0 Å². The van der Waals surface area contributed by atoms with Crippen LogP contribution in [-0.4, -0.2) is 37.3 Å². The largest absolute Gasteiger partial charge is 0.396 e. The molecule has 0 aromatic rings. The summed E-state index contributed by atoms with van der Waals surface area (Å²) in [6.45, 7) is 1.26. The van der Waals surface area contributed by atoms with Crippen molar-refractivity contribution in [2.45, 2.75) is 76.7 Å². The molecule has 4 nitrogen and oxygen atoms in total. The van der Waals surface area contributed by atoms with Crippen LogP contribution < -0.4 is 10.6 Å². The SMILES string of the molecule is CN=C(NCC1(CCO)CCCC1)NC1CCC2CCCC2C1.I. The molecule has 0 bridgehead atoms. The van der Waals surface area contributed by atoms with Gasteiger partial charge in [-0.05, 0) is 55.8 Å². The fourth-order valence-electron chi connectivity index (χ4n) is 5.37. The van der Waals surface area contributed by atoms with E-state index in [0.717, 1.165) is 30.8 Å². The van der Waals surface area contributed by atoms with Gasteiger partial charge in [0.15, 0.2) is 5.96 Å². The van der Waals surface area contributed by atoms with Crippen LogP contribution >= 0.6 is 24.0 Å². The normalized spacial score (nSPS) is 32.1. The van der Waals surface area contributed by atoms with Crippen LogP contribution in [0, 0.1) is 17.3 Å². The van der Waals surface area contributed by atoms with Crippen molar-refractivity contribution in [3.05, 3.63) is 0 Å². The summed E-state index contributed by atoms with van der Waals surface area (Å²) in [5.41, 5.74) is 0.287. The third kappa shape index (κ3) is 4.99. The predicted molar refractivity (Wildman–Crippen MR) is 111 cm³/mol. The van der Waals surface area contributed by atoms with Crippen LogP contribution in [0.4, 0.5) is 0 Å². The Hall–Kier alpha value is -0.0400. The lowest BCUT2D eigenvalue weighted by Gasteiger charge is -2.34. The molecule has 3 aliphatic rings. The number of fused-ring (bicyclic) bond motifs is 1. The van der Waals surface area contributed by atoms with Crippen molar-refractivity contribution in [2.75, 3.05) is 20.2 Å². The van der Waals surface area contributed by atoms with Gasteiger partial charge in [-0.2, -0.15) is 0 Å². The number of aliphatic imine (C=N–C) groups is 1. The number of rotatable bonds is 5. The Kier molecular flexibility index (Phi) is 8.11. The van der Waals surface area contributed by atoms with E-state index in [1.165, 1.54) is 64.2 Å². The summed E-state index contributed by atoms with van der Waals surface area (Å²) >= 11 is 0. The Bertz CT molecular complexity index is 409. The highest BCUT2D eigenvalue weighted by molar-refractivity contribution is 14.0. The number of nitrogens with zero attached hydrogens (tertiary/aromatic N) is 1. The van der Waals surface area contributed by atoms with E-state index in [-0.39, 0.29) is 29.4 Å². The molecule has 3 rings (SSSR count). The minimum Gasteiger partial charge on any atom is -0.396 e. The second-order valence-corrected chi connectivity index (χ2v) is 8.21. The van der Waals surface area contributed by atoms with Crippen molar-refractivity contribution in [3.63, 3.8) is 0 Å². The van der Waals surface area contributed by atoms with Gasteiger partial charge in [-0.15, -0.1) is 24.0 Å². The quantitative estimate of drug-likeness (QED) is 0.341. The molecule has 0 radical (unpaired) electrons. The maximum absolute atomic E-state index is 9.39. The summed E-state index contributed by atoms with van der Waals surface area (Å²) in [6, 6.07) is 0.595. The van der Waals surface area contributed by atoms with Crippen LogP contribution in [0.2, 0.25) is 0 Å². The van der Waals surface area contributed by atoms with Crippen molar-refractivity contribution >= 4 is 29.9 Å². The van der Waals surface area contributed by atoms with Gasteiger partial charge >= 0.3 is 0 Å². The fourth-order valence-corrected chi connectivity index (χ4v) is 5.37. The second kappa shape index (κ2) is 9.60. The van der Waals surface area contributed by atoms with Crippen LogP contribution in [0.3, 0.4) is 0 Å². The standard InChI is InChI=1S/C19H35N3O.HI/c1-20-18(21-14-19(11-12-23)9-2-3-10-19)22-17-8-7-15-5-4-6-16(15)13-17;/h15-17,23H,2-14H2,1H3,(H2,20,21,22);1H. The molecule has 0 heterocycles. The molecule has 3 saturated carbocycles. The topological polar surface area (TPSA) is 56.7 Å². The smallest absolute Gasteiger partial charge is 0.191 e. The zero-order chi connectivity index (χ0) is 16.1. The molecule has 0 aliphatic heterocycles. The molecule has 0 aromatic heterocycles. The Labute approximate surface area is 164 Å². The lowest BCUT2D eigenvalue weighted by atomic mass is 9.79. The highest BCUT2D eigenvalue weighted by Crippen LogP contribution is 2.42. The lowest BCUT2D eigenvalue weighted by molar-refractivity contribution is 0.185. The van der Waals surface area contributed by atoms with Crippen molar-refractivity contribution in [1.82, 2.24) is 10.6 Å². The van der Waals surface area contributed by atoms with Crippen molar-refractivity contribution in [3.8, 4) is 0 Å². The number of halogens is 1. The summed E-state index contributed by atoms with van der Waals surface area (Å²) < 4.78 is 0. The molecular formula is C19H36IN3O. The van der Waals surface area contributed by atoms with Gasteiger partial charge in [-0.25, -0.2) is 0 Å². The van der Waals surface area contributed by atoms with E-state index in [1.54, 1.807) is 0 Å². The highest BCUT2D eigenvalue weighted by Gasteiger charge is 2.35. The minimum atomic E-state index is 0. The first-order valence-electron chi connectivity index (χ1n) is 9.83. The first-order valence-corrected chi connectivity index (χ1v) is 9.83. The summed E-state index contributed by atoms with van der Waals surface area (Å²) in [5, 5.41) is 16.6. The van der Waals surface area contributed by atoms with E-state index in [2.05, 4.69) is 15.6 Å². The molecule has 3 unspecified atom stereocenters. The van der Waals surface area contributed by atoms with Gasteiger partial charge in [0, 0.05) is 26.2 Å². The molecule has 24 heavy (non-hydrogen) atoms. The van der Waals surface area contributed by atoms with Crippen LogP contribution in [0.25, 0.3) is 0 Å². The molecule has 0 amide bonds. The summed E-state index contributed by atoms with van der Waals surface area (Å²) in [7, 11) is 1.88. The van der Waals surface area contributed by atoms with Gasteiger partial charge in [-0.1, -0.05) is 32.1 Å². The number of nitrogens with one attached hydrogen (secondary N) is 2. The zero-order valence-corrected chi connectivity index (χ0v) is 17.6. The monoisotopic (exact) mass is 449 g/mol. The van der Waals surface area contributed by atoms with E-state index in [1.807, 2.05) is 7.05 Å². The van der Waals surface area contributed by atoms with Crippen molar-refractivity contribution < 1.29 is 5.11 Å². The first-order chi connectivity index (χ1) is 11.2. The van der Waals surface area contributed by atoms with Crippen molar-refractivity contribution in [2.24, 2.45) is 22.2 Å². The second-order valence-electron chi connectivity index (χ2n) is 8.21. The van der Waals surface area contributed by atoms with Gasteiger partial charge < -0.3 is 15.7 Å². The fraction of sp³-hybridized carbons (Fsp3) is 0.947. The maximum atomic E-state index is 9.39. The van der Waals surface area contributed by atoms with Gasteiger partial charge in [-0.3, -0.25) is 4.99 Å². The molecule has 0 saturated heterocycles. The van der Waals surface area contributed by atoms with Crippen molar-refractivity contribution in [1.29, 1.82) is 0 Å². The van der Waals surface area contributed by atoms with E-state index >= 15 is 0 Å². The zero-order valence-electron chi connectivity index (χ0n) is 15.2. The van der Waals surface area contributed by atoms with Gasteiger partial charge in [0.2, 0.25) is 0 Å². The van der Waals surface area contributed by atoms with E-state index < -0.39 is 0 Å². The van der Waals surface area contributed by atoms with Gasteiger partial charge in [0.1, 0.15) is 0 Å². The van der Waals surface area contributed by atoms with Crippen LogP contribution in [0.5, 0.6) is 0 Å². The number of guanidine groups is 1. The molecule has 0 aromatic carbocycles. The molecule has 3 fully saturated rings. The molecule has 3 atom stereocenters. The predicted octanol–water partition coefficient (Wildman–Crippen LogP) is 3.68. The summed E-state index contributed by atoms with van der Waals surface area (Å²) in [4.78, 5) is 4.45. The highest BCUT2D eigenvalue weighted by atomic mass is 127. The van der Waals surface area contributed by atoms with Crippen LogP contribution in [-0.2, 0) is 0 Å². The van der Waals surface area contributed by atoms with Crippen LogP contribution in [0.1, 0.15) is 70.6 Å². The third-order valence-corrected chi connectivity index (χ3v) is 6.79. The average molecular weight is 449 g/mol. The first kappa shape index (κ1) is 20.3. The Morgan fingerprint density at radius 1 is 1.08 bits per heavy atom. The molecule has 3 N–H and O–H groups in total. The third-order valence-electron chi connectivity index (χ3n) is 6.79. The van der Waals surface area contributed by atoms with E-state index in [9.17, 15) is 5.11 Å². The number of aliphatic hydroxyl groups is 1. The Balaban J connectivity index is 0.00000208. The number of hydrogen-bond acceptors (Lipinski definition) is 2. The number of hydrogen-bond donors (Lipinski definition) is 3. The summed E-state index contributed by atoms with van der Waals surface area (Å²) in [5.74, 6) is 2.93.